The molecule has 0 amide bonds. The maximum Gasteiger partial charge on any atom is 0.309 e. The third-order valence-corrected chi connectivity index (χ3v) is 8.45. The molecule has 0 saturated carbocycles. The average molecular weight is 471 g/mol. The summed E-state index contributed by atoms with van der Waals surface area (Å²) in [6, 6.07) is 1.62. The van der Waals surface area contributed by atoms with Gasteiger partial charge in [-0.2, -0.15) is 4.31 Å². The molecule has 0 radical (unpaired) electrons. The van der Waals surface area contributed by atoms with Crippen molar-refractivity contribution in [3.8, 4) is 5.75 Å². The Balaban J connectivity index is 2.48. The highest BCUT2D eigenvalue weighted by molar-refractivity contribution is 7.91. The van der Waals surface area contributed by atoms with Gasteiger partial charge in [-0.25, -0.2) is 13.4 Å². The molecule has 9 nitrogen and oxygen atoms in total. The Kier molecular flexibility index (Phi) is 7.56. The summed E-state index contributed by atoms with van der Waals surface area (Å²) in [6.45, 7) is 11.9. The van der Waals surface area contributed by atoms with Crippen LogP contribution in [0.15, 0.2) is 32.2 Å². The van der Waals surface area contributed by atoms with Crippen LogP contribution in [0.3, 0.4) is 0 Å². The van der Waals surface area contributed by atoms with Gasteiger partial charge < -0.3 is 15.3 Å². The van der Waals surface area contributed by atoms with E-state index in [-0.39, 0.29) is 33.0 Å². The number of aliphatic imine (C=N–C) groups is 1. The summed E-state index contributed by atoms with van der Waals surface area (Å²) in [7, 11) is -3.83. The van der Waals surface area contributed by atoms with E-state index in [0.29, 0.717) is 18.0 Å². The molecule has 11 heteroatoms. The Labute approximate surface area is 187 Å². The van der Waals surface area contributed by atoms with E-state index in [1.807, 2.05) is 26.8 Å². The molecule has 0 unspecified atom stereocenters. The minimum atomic E-state index is -3.83. The van der Waals surface area contributed by atoms with Crippen LogP contribution in [0, 0.1) is 12.3 Å². The molecule has 0 bridgehead atoms. The van der Waals surface area contributed by atoms with Crippen molar-refractivity contribution < 1.29 is 22.9 Å². The van der Waals surface area contributed by atoms with Gasteiger partial charge in [0, 0.05) is 28.9 Å². The second-order valence-corrected chi connectivity index (χ2v) is 11.5. The predicted octanol–water partition coefficient (Wildman–Crippen LogP) is 1.60. The summed E-state index contributed by atoms with van der Waals surface area (Å²) in [5.41, 5.74) is 13.0. The van der Waals surface area contributed by atoms with Gasteiger partial charge in [-0.05, 0) is 13.0 Å². The lowest BCUT2D eigenvalue weighted by Crippen LogP contribution is -2.81. The van der Waals surface area contributed by atoms with Crippen molar-refractivity contribution in [2.45, 2.75) is 51.8 Å². The summed E-state index contributed by atoms with van der Waals surface area (Å²) in [5, 5.41) is 10.6. The molecule has 172 valence electrons. The molecule has 2 aromatic rings. The van der Waals surface area contributed by atoms with Gasteiger partial charge in [0.15, 0.2) is 9.96 Å². The maximum absolute atomic E-state index is 12.8. The van der Waals surface area contributed by atoms with Crippen LogP contribution in [0.4, 0.5) is 5.69 Å². The van der Waals surface area contributed by atoms with E-state index in [1.165, 1.54) is 4.31 Å². The summed E-state index contributed by atoms with van der Waals surface area (Å²) in [4.78, 5) is 7.92. The van der Waals surface area contributed by atoms with Crippen molar-refractivity contribution in [3.63, 3.8) is 0 Å². The van der Waals surface area contributed by atoms with Crippen molar-refractivity contribution in [3.05, 3.63) is 29.0 Å². The number of nitrogens with zero attached hydrogens (tertiary/aromatic N) is 2. The summed E-state index contributed by atoms with van der Waals surface area (Å²) in [5.74, 6) is -0.368. The number of thiophene rings is 1. The first-order valence-corrected chi connectivity index (χ1v) is 12.2. The molecule has 6 N–H and O–H groups in total. The number of hydrogen-bond donors (Lipinski definition) is 4. The zero-order valence-corrected chi connectivity index (χ0v) is 20.4. The van der Waals surface area contributed by atoms with Crippen LogP contribution in [0.2, 0.25) is 0 Å². The number of aryl methyl sites for hydroxylation is 1. The standard InChI is InChI=1S/C20H31N5O4S2/c1-7-25(8-2)31(27,28)19-15(26)14(12(3)30-19)23-17(21)18(22)24-16(20(4,5)6)13-9-10-29-11-13/h9-11,16,26H,7-8H2,1-6H3,(H2,21,23)(H2,22,24)/p+1/t16-/m0/s1. The minimum absolute atomic E-state index is 0.0549. The quantitative estimate of drug-likeness (QED) is 0.357. The number of aromatic hydroxyl groups is 1. The molecule has 0 spiro atoms. The van der Waals surface area contributed by atoms with E-state index in [4.69, 9.17) is 15.9 Å². The highest BCUT2D eigenvalue weighted by Gasteiger charge is 2.32. The first-order chi connectivity index (χ1) is 14.3. The number of sulfonamides is 1. The molecule has 0 aliphatic rings. The fourth-order valence-corrected chi connectivity index (χ4v) is 6.21. The van der Waals surface area contributed by atoms with Gasteiger partial charge in [0.1, 0.15) is 11.7 Å². The molecule has 31 heavy (non-hydrogen) atoms. The second-order valence-electron chi connectivity index (χ2n) is 8.14. The van der Waals surface area contributed by atoms with E-state index in [0.717, 1.165) is 16.9 Å². The maximum atomic E-state index is 12.8. The Morgan fingerprint density at radius 1 is 1.32 bits per heavy atom. The molecule has 1 atom stereocenters. The van der Waals surface area contributed by atoms with Crippen LogP contribution in [0.1, 0.15) is 51.1 Å². The molecule has 0 aromatic carbocycles. The van der Waals surface area contributed by atoms with Crippen molar-refractivity contribution in [2.75, 3.05) is 13.1 Å². The number of rotatable bonds is 7. The normalized spacial score (nSPS) is 14.9. The van der Waals surface area contributed by atoms with E-state index in [9.17, 15) is 13.5 Å². The predicted molar refractivity (Wildman–Crippen MR) is 123 cm³/mol. The SMILES string of the molecule is CCN(CC)S(=O)(=O)c1sc(C)c(N=C(N)C(N)=[NH+][C@@H](c2ccoc2)C(C)(C)C)c1O. The first-order valence-electron chi connectivity index (χ1n) is 9.92. The number of nitrogens with one attached hydrogen (secondary N) is 1. The third-order valence-electron chi connectivity index (χ3n) is 4.83. The zero-order valence-electron chi connectivity index (χ0n) is 18.8. The lowest BCUT2D eigenvalue weighted by Gasteiger charge is -2.24. The fourth-order valence-electron chi connectivity index (χ4n) is 3.14. The van der Waals surface area contributed by atoms with Crippen molar-refractivity contribution >= 4 is 38.7 Å². The third kappa shape index (κ3) is 5.28. The van der Waals surface area contributed by atoms with Crippen molar-refractivity contribution in [1.82, 2.24) is 4.31 Å². The van der Waals surface area contributed by atoms with Gasteiger partial charge in [-0.1, -0.05) is 34.6 Å². The van der Waals surface area contributed by atoms with E-state index < -0.39 is 15.8 Å². The monoisotopic (exact) mass is 470 g/mol. The highest BCUT2D eigenvalue weighted by atomic mass is 32.2. The number of nitrogens with two attached hydrogens (primary N) is 2. The van der Waals surface area contributed by atoms with Crippen molar-refractivity contribution in [2.24, 2.45) is 21.9 Å². The van der Waals surface area contributed by atoms with Crippen molar-refractivity contribution in [1.29, 1.82) is 0 Å². The van der Waals surface area contributed by atoms with Gasteiger partial charge in [0.25, 0.3) is 10.0 Å². The molecule has 0 aliphatic heterocycles. The van der Waals surface area contributed by atoms with E-state index >= 15 is 0 Å². The number of hydrogen-bond acceptors (Lipinski definition) is 6. The van der Waals surface area contributed by atoms with Gasteiger partial charge in [-0.15, -0.1) is 11.3 Å². The Morgan fingerprint density at radius 3 is 2.42 bits per heavy atom. The molecule has 2 heterocycles. The molecular formula is C20H32N5O4S2+. The molecular weight excluding hydrogens is 438 g/mol. The first kappa shape index (κ1) is 24.9. The summed E-state index contributed by atoms with van der Waals surface area (Å²) in [6.07, 6.45) is 3.21. The molecule has 0 aliphatic carbocycles. The van der Waals surface area contributed by atoms with E-state index in [2.05, 4.69) is 9.98 Å². The Bertz CT molecular complexity index is 1060. The zero-order chi connectivity index (χ0) is 23.6. The van der Waals surface area contributed by atoms with Crippen LogP contribution in [-0.4, -0.2) is 42.6 Å². The molecule has 0 saturated heterocycles. The van der Waals surface area contributed by atoms with Crippen LogP contribution in [0.25, 0.3) is 0 Å². The van der Waals surface area contributed by atoms with Crippen LogP contribution < -0.4 is 16.5 Å². The van der Waals surface area contributed by atoms with Crippen LogP contribution >= 0.6 is 11.3 Å². The molecule has 0 fully saturated rings. The molecule has 2 aromatic heterocycles. The van der Waals surface area contributed by atoms with Gasteiger partial charge in [0.2, 0.25) is 5.84 Å². The minimum Gasteiger partial charge on any atom is -0.504 e. The fraction of sp³-hybridized carbons (Fsp3) is 0.500. The lowest BCUT2D eigenvalue weighted by atomic mass is 9.84. The topological polar surface area (TPSA) is 149 Å². The van der Waals surface area contributed by atoms with E-state index in [1.54, 1.807) is 33.3 Å². The largest absolute Gasteiger partial charge is 0.504 e. The second kappa shape index (κ2) is 9.41. The van der Waals surface area contributed by atoms with Gasteiger partial charge >= 0.3 is 5.84 Å². The Hall–Kier alpha value is -2.37. The highest BCUT2D eigenvalue weighted by Crippen LogP contribution is 2.44. The smallest absolute Gasteiger partial charge is 0.309 e. The van der Waals surface area contributed by atoms with Gasteiger partial charge in [-0.3, -0.25) is 10.7 Å². The van der Waals surface area contributed by atoms with Crippen LogP contribution in [0.5, 0.6) is 5.75 Å². The Morgan fingerprint density at radius 2 is 1.94 bits per heavy atom. The summed E-state index contributed by atoms with van der Waals surface area (Å²) < 4.78 is 32.0. The lowest BCUT2D eigenvalue weighted by molar-refractivity contribution is -0.529. The van der Waals surface area contributed by atoms with Crippen LogP contribution in [-0.2, 0) is 10.0 Å². The number of furan rings is 1. The van der Waals surface area contributed by atoms with Gasteiger partial charge in [0.05, 0.1) is 12.5 Å². The molecule has 2 rings (SSSR count). The number of amidine groups is 2. The summed E-state index contributed by atoms with van der Waals surface area (Å²) >= 11 is 0.952. The average Bonchev–Trinajstić information content (AvgIpc) is 3.29.